The van der Waals surface area contributed by atoms with Crippen LogP contribution in [0.25, 0.3) is 0 Å². The molecule has 1 amide bonds. The summed E-state index contributed by atoms with van der Waals surface area (Å²) in [7, 11) is -3.68. The topological polar surface area (TPSA) is 75.7 Å². The monoisotopic (exact) mass is 430 g/mol. The molecule has 2 aromatic rings. The molecule has 162 valence electrons. The van der Waals surface area contributed by atoms with E-state index in [1.165, 1.54) is 4.31 Å². The second-order valence-corrected chi connectivity index (χ2v) is 10.5. The molecule has 0 fully saturated rings. The van der Waals surface area contributed by atoms with Gasteiger partial charge in [0.25, 0.3) is 0 Å². The van der Waals surface area contributed by atoms with Crippen molar-refractivity contribution in [3.63, 3.8) is 0 Å². The molecule has 0 unspecified atom stereocenters. The molecule has 1 aliphatic heterocycles. The third-order valence-electron chi connectivity index (χ3n) is 5.38. The largest absolute Gasteiger partial charge is 0.487 e. The first-order valence-corrected chi connectivity index (χ1v) is 11.9. The molecule has 30 heavy (non-hydrogen) atoms. The minimum Gasteiger partial charge on any atom is -0.487 e. The Kier molecular flexibility index (Phi) is 5.87. The summed E-state index contributed by atoms with van der Waals surface area (Å²) in [6.07, 6.45) is 1.72. The van der Waals surface area contributed by atoms with Gasteiger partial charge in [-0.3, -0.25) is 9.10 Å². The van der Waals surface area contributed by atoms with Crippen LogP contribution in [0.3, 0.4) is 0 Å². The summed E-state index contributed by atoms with van der Waals surface area (Å²) in [4.78, 5) is 13.2. The Balaban J connectivity index is 1.93. The standard InChI is InChI=1S/C23H30N2O4S/c1-15-11-12-16(2)20(13-15)25(30(6,27)28)17(3)22(26)24-19-14-23(4,5)29-21-10-8-7-9-18(19)21/h7-13,17,19H,14H2,1-6H3,(H,24,26)/t17-,19-/m0/s1. The smallest absolute Gasteiger partial charge is 0.244 e. The van der Waals surface area contributed by atoms with Crippen molar-refractivity contribution in [2.45, 2.75) is 58.7 Å². The molecule has 1 heterocycles. The van der Waals surface area contributed by atoms with Gasteiger partial charge in [0.05, 0.1) is 18.0 Å². The molecule has 7 heteroatoms. The van der Waals surface area contributed by atoms with Crippen molar-refractivity contribution in [3.8, 4) is 5.75 Å². The van der Waals surface area contributed by atoms with Crippen LogP contribution in [0.1, 0.15) is 49.9 Å². The summed E-state index contributed by atoms with van der Waals surface area (Å²) in [5.74, 6) is 0.389. The molecule has 1 N–H and O–H groups in total. The summed E-state index contributed by atoms with van der Waals surface area (Å²) in [5, 5.41) is 3.06. The van der Waals surface area contributed by atoms with Crippen molar-refractivity contribution in [2.75, 3.05) is 10.6 Å². The number of nitrogens with zero attached hydrogens (tertiary/aromatic N) is 1. The summed E-state index contributed by atoms with van der Waals surface area (Å²) >= 11 is 0. The zero-order chi connectivity index (χ0) is 22.3. The molecule has 6 nitrogen and oxygen atoms in total. The molecule has 0 radical (unpaired) electrons. The van der Waals surface area contributed by atoms with Crippen molar-refractivity contribution in [1.29, 1.82) is 0 Å². The van der Waals surface area contributed by atoms with Crippen LogP contribution in [0.15, 0.2) is 42.5 Å². The highest BCUT2D eigenvalue weighted by atomic mass is 32.2. The lowest BCUT2D eigenvalue weighted by Gasteiger charge is -2.39. The van der Waals surface area contributed by atoms with E-state index in [2.05, 4.69) is 5.32 Å². The second kappa shape index (κ2) is 7.95. The number of carbonyl (C=O) groups excluding carboxylic acids is 1. The number of hydrogen-bond acceptors (Lipinski definition) is 4. The molecule has 1 aliphatic rings. The number of amides is 1. The number of sulfonamides is 1. The summed E-state index contributed by atoms with van der Waals surface area (Å²) in [5.41, 5.74) is 2.70. The van der Waals surface area contributed by atoms with E-state index in [0.29, 0.717) is 12.1 Å². The van der Waals surface area contributed by atoms with Gasteiger partial charge in [0.1, 0.15) is 17.4 Å². The normalized spacial score (nSPS) is 18.7. The molecule has 2 atom stereocenters. The van der Waals surface area contributed by atoms with E-state index in [1.807, 2.05) is 64.1 Å². The number of benzene rings is 2. The molecule has 3 rings (SSSR count). The van der Waals surface area contributed by atoms with Crippen LogP contribution in [0.5, 0.6) is 5.75 Å². The van der Waals surface area contributed by atoms with Crippen LogP contribution in [-0.2, 0) is 14.8 Å². The van der Waals surface area contributed by atoms with Crippen LogP contribution >= 0.6 is 0 Å². The maximum absolute atomic E-state index is 13.2. The van der Waals surface area contributed by atoms with Gasteiger partial charge in [0.15, 0.2) is 0 Å². The number of anilines is 1. The fourth-order valence-electron chi connectivity index (χ4n) is 3.96. The van der Waals surface area contributed by atoms with Crippen LogP contribution in [-0.4, -0.2) is 32.2 Å². The molecule has 0 aromatic heterocycles. The lowest BCUT2D eigenvalue weighted by atomic mass is 9.89. The van der Waals surface area contributed by atoms with E-state index < -0.39 is 21.7 Å². The maximum Gasteiger partial charge on any atom is 0.244 e. The molecule has 0 saturated heterocycles. The molecule has 0 aliphatic carbocycles. The molecular formula is C23H30N2O4S. The number of hydrogen-bond donors (Lipinski definition) is 1. The van der Waals surface area contributed by atoms with Gasteiger partial charge in [-0.25, -0.2) is 8.42 Å². The SMILES string of the molecule is Cc1ccc(C)c(N([C@@H](C)C(=O)N[C@H]2CC(C)(C)Oc3ccccc32)S(C)(=O)=O)c1. The van der Waals surface area contributed by atoms with E-state index in [0.717, 1.165) is 28.7 Å². The number of ether oxygens (including phenoxy) is 1. The highest BCUT2D eigenvalue weighted by Gasteiger charge is 2.37. The molecular weight excluding hydrogens is 400 g/mol. The average molecular weight is 431 g/mol. The highest BCUT2D eigenvalue weighted by Crippen LogP contribution is 2.39. The van der Waals surface area contributed by atoms with E-state index in [-0.39, 0.29) is 11.9 Å². The number of fused-ring (bicyclic) bond motifs is 1. The van der Waals surface area contributed by atoms with Gasteiger partial charge < -0.3 is 10.1 Å². The van der Waals surface area contributed by atoms with Crippen molar-refractivity contribution in [3.05, 3.63) is 59.2 Å². The maximum atomic E-state index is 13.2. The average Bonchev–Trinajstić information content (AvgIpc) is 2.62. The number of para-hydroxylation sites is 1. The van der Waals surface area contributed by atoms with E-state index in [1.54, 1.807) is 13.0 Å². The van der Waals surface area contributed by atoms with E-state index in [9.17, 15) is 13.2 Å². The van der Waals surface area contributed by atoms with Crippen LogP contribution in [0.2, 0.25) is 0 Å². The fraction of sp³-hybridized carbons (Fsp3) is 0.435. The number of carbonyl (C=O) groups is 1. The minimum atomic E-state index is -3.68. The van der Waals surface area contributed by atoms with Crippen molar-refractivity contribution >= 4 is 21.6 Å². The van der Waals surface area contributed by atoms with Crippen LogP contribution in [0, 0.1) is 13.8 Å². The first-order chi connectivity index (χ1) is 13.9. The summed E-state index contributed by atoms with van der Waals surface area (Å²) in [6.45, 7) is 9.31. The fourth-order valence-corrected chi connectivity index (χ4v) is 5.19. The third kappa shape index (κ3) is 4.61. The Labute approximate surface area is 179 Å². The van der Waals surface area contributed by atoms with Gasteiger partial charge in [-0.2, -0.15) is 0 Å². The van der Waals surface area contributed by atoms with Crippen LogP contribution in [0.4, 0.5) is 5.69 Å². The Hall–Kier alpha value is -2.54. The molecule has 2 aromatic carbocycles. The highest BCUT2D eigenvalue weighted by molar-refractivity contribution is 7.92. The predicted octanol–water partition coefficient (Wildman–Crippen LogP) is 3.88. The molecule has 0 bridgehead atoms. The predicted molar refractivity (Wildman–Crippen MR) is 119 cm³/mol. The first kappa shape index (κ1) is 22.2. The molecule has 0 spiro atoms. The second-order valence-electron chi connectivity index (χ2n) is 8.69. The van der Waals surface area contributed by atoms with E-state index in [4.69, 9.17) is 4.74 Å². The molecule has 0 saturated carbocycles. The van der Waals surface area contributed by atoms with Crippen molar-refractivity contribution < 1.29 is 17.9 Å². The zero-order valence-electron chi connectivity index (χ0n) is 18.4. The van der Waals surface area contributed by atoms with Gasteiger partial charge in [-0.05, 0) is 57.9 Å². The van der Waals surface area contributed by atoms with Gasteiger partial charge >= 0.3 is 0 Å². The first-order valence-electron chi connectivity index (χ1n) is 10.0. The van der Waals surface area contributed by atoms with Crippen LogP contribution < -0.4 is 14.4 Å². The Morgan fingerprint density at radius 1 is 1.20 bits per heavy atom. The number of rotatable bonds is 5. The lowest BCUT2D eigenvalue weighted by Crippen LogP contribution is -2.50. The quantitative estimate of drug-likeness (QED) is 0.781. The Bertz CT molecular complexity index is 1060. The zero-order valence-corrected chi connectivity index (χ0v) is 19.2. The van der Waals surface area contributed by atoms with Gasteiger partial charge in [0, 0.05) is 12.0 Å². The van der Waals surface area contributed by atoms with Gasteiger partial charge in [-0.15, -0.1) is 0 Å². The lowest BCUT2D eigenvalue weighted by molar-refractivity contribution is -0.123. The Morgan fingerprint density at radius 2 is 1.87 bits per heavy atom. The summed E-state index contributed by atoms with van der Waals surface area (Å²) in [6, 6.07) is 12.0. The van der Waals surface area contributed by atoms with Gasteiger partial charge in [0.2, 0.25) is 15.9 Å². The minimum absolute atomic E-state index is 0.264. The third-order valence-corrected chi connectivity index (χ3v) is 6.61. The van der Waals surface area contributed by atoms with Gasteiger partial charge in [-0.1, -0.05) is 30.3 Å². The Morgan fingerprint density at radius 3 is 2.53 bits per heavy atom. The summed E-state index contributed by atoms with van der Waals surface area (Å²) < 4.78 is 32.6. The van der Waals surface area contributed by atoms with Crippen molar-refractivity contribution in [1.82, 2.24) is 5.32 Å². The van der Waals surface area contributed by atoms with E-state index >= 15 is 0 Å². The number of aryl methyl sites for hydroxylation is 2. The number of nitrogens with one attached hydrogen (secondary N) is 1. The van der Waals surface area contributed by atoms with Crippen molar-refractivity contribution in [2.24, 2.45) is 0 Å².